The standard InChI is InChI=1S/C22H18N2O6S/c25-21(13-30-22(26)14-5-6-18-19(11-14)29-9-8-28-18)24-16(17-3-1-7-27-17)12-15(23-24)20-4-2-10-31-20/h1-7,10-11,16H,8-9,12-13H2. The fourth-order valence-corrected chi connectivity index (χ4v) is 4.20. The number of ether oxygens (including phenoxy) is 3. The summed E-state index contributed by atoms with van der Waals surface area (Å²) in [5.74, 6) is 0.629. The van der Waals surface area contributed by atoms with Gasteiger partial charge in [-0.15, -0.1) is 11.3 Å². The maximum Gasteiger partial charge on any atom is 0.338 e. The van der Waals surface area contributed by atoms with Crippen LogP contribution in [-0.2, 0) is 9.53 Å². The number of hydrazone groups is 1. The Kier molecular flexibility index (Phi) is 5.17. The highest BCUT2D eigenvalue weighted by Crippen LogP contribution is 2.34. The first kappa shape index (κ1) is 19.4. The summed E-state index contributed by atoms with van der Waals surface area (Å²) in [6, 6.07) is 11.9. The van der Waals surface area contributed by atoms with Gasteiger partial charge in [-0.25, -0.2) is 9.80 Å². The summed E-state index contributed by atoms with van der Waals surface area (Å²) >= 11 is 1.55. The lowest BCUT2D eigenvalue weighted by atomic mass is 10.1. The van der Waals surface area contributed by atoms with E-state index in [9.17, 15) is 9.59 Å². The fourth-order valence-electron chi connectivity index (χ4n) is 3.48. The number of nitrogens with zero attached hydrogens (tertiary/aromatic N) is 2. The number of rotatable bonds is 5. The number of carbonyl (C=O) groups is 2. The van der Waals surface area contributed by atoms with Crippen LogP contribution >= 0.6 is 11.3 Å². The molecule has 2 aliphatic rings. The van der Waals surface area contributed by atoms with Crippen molar-refractivity contribution < 1.29 is 28.2 Å². The second kappa shape index (κ2) is 8.27. The van der Waals surface area contributed by atoms with Gasteiger partial charge in [0, 0.05) is 6.42 Å². The van der Waals surface area contributed by atoms with Gasteiger partial charge in [0.15, 0.2) is 18.1 Å². The molecule has 0 spiro atoms. The SMILES string of the molecule is O=C(OCC(=O)N1N=C(c2cccs2)CC1c1ccco1)c1ccc2c(c1)OCCO2. The summed E-state index contributed by atoms with van der Waals surface area (Å²) < 4.78 is 21.7. The van der Waals surface area contributed by atoms with Gasteiger partial charge in [-0.05, 0) is 41.8 Å². The highest BCUT2D eigenvalue weighted by Gasteiger charge is 2.35. The molecular formula is C22H18N2O6S. The van der Waals surface area contributed by atoms with Crippen LogP contribution in [0.2, 0.25) is 0 Å². The average Bonchev–Trinajstić information content (AvgIpc) is 3.57. The van der Waals surface area contributed by atoms with E-state index in [4.69, 9.17) is 18.6 Å². The molecule has 0 bridgehead atoms. The van der Waals surface area contributed by atoms with Crippen LogP contribution in [0, 0.1) is 0 Å². The second-order valence-corrected chi connectivity index (χ2v) is 7.88. The van der Waals surface area contributed by atoms with Crippen LogP contribution in [-0.4, -0.2) is 42.4 Å². The van der Waals surface area contributed by atoms with Crippen LogP contribution in [0.15, 0.2) is 63.6 Å². The summed E-state index contributed by atoms with van der Waals surface area (Å²) in [5.41, 5.74) is 1.08. The first-order valence-corrected chi connectivity index (χ1v) is 10.6. The molecule has 2 aliphatic heterocycles. The van der Waals surface area contributed by atoms with Gasteiger partial charge in [0.05, 0.1) is 22.4 Å². The molecule has 0 radical (unpaired) electrons. The lowest BCUT2D eigenvalue weighted by molar-refractivity contribution is -0.136. The van der Waals surface area contributed by atoms with E-state index in [1.54, 1.807) is 47.9 Å². The summed E-state index contributed by atoms with van der Waals surface area (Å²) in [5, 5.41) is 7.80. The minimum absolute atomic E-state index is 0.281. The van der Waals surface area contributed by atoms with Gasteiger partial charge < -0.3 is 18.6 Å². The minimum atomic E-state index is -0.624. The lowest BCUT2D eigenvalue weighted by Crippen LogP contribution is -2.31. The molecule has 1 amide bonds. The minimum Gasteiger partial charge on any atom is -0.486 e. The second-order valence-electron chi connectivity index (χ2n) is 6.93. The highest BCUT2D eigenvalue weighted by molar-refractivity contribution is 7.12. The Morgan fingerprint density at radius 2 is 2.00 bits per heavy atom. The van der Waals surface area contributed by atoms with Crippen LogP contribution in [0.1, 0.15) is 33.5 Å². The van der Waals surface area contributed by atoms with E-state index in [1.165, 1.54) is 5.01 Å². The molecule has 5 rings (SSSR count). The van der Waals surface area contributed by atoms with E-state index < -0.39 is 18.5 Å². The zero-order valence-corrected chi connectivity index (χ0v) is 17.2. The highest BCUT2D eigenvalue weighted by atomic mass is 32.1. The quantitative estimate of drug-likeness (QED) is 0.565. The molecule has 8 nitrogen and oxygen atoms in total. The van der Waals surface area contributed by atoms with Gasteiger partial charge in [0.25, 0.3) is 5.91 Å². The van der Waals surface area contributed by atoms with E-state index in [1.807, 2.05) is 17.5 Å². The van der Waals surface area contributed by atoms with E-state index in [-0.39, 0.29) is 11.6 Å². The number of amides is 1. The predicted octanol–water partition coefficient (Wildman–Crippen LogP) is 3.65. The smallest absolute Gasteiger partial charge is 0.338 e. The van der Waals surface area contributed by atoms with Crippen molar-refractivity contribution >= 4 is 28.9 Å². The van der Waals surface area contributed by atoms with Gasteiger partial charge in [0.1, 0.15) is 25.0 Å². The van der Waals surface area contributed by atoms with Crippen molar-refractivity contribution in [2.75, 3.05) is 19.8 Å². The average molecular weight is 438 g/mol. The third-order valence-electron chi connectivity index (χ3n) is 4.95. The summed E-state index contributed by atoms with van der Waals surface area (Å²) in [6.45, 7) is 0.440. The number of benzene rings is 1. The van der Waals surface area contributed by atoms with Crippen molar-refractivity contribution in [2.24, 2.45) is 5.10 Å². The molecule has 0 saturated heterocycles. The number of hydrogen-bond acceptors (Lipinski definition) is 8. The number of carbonyl (C=O) groups excluding carboxylic acids is 2. The largest absolute Gasteiger partial charge is 0.486 e. The normalized spacial score (nSPS) is 17.4. The number of furan rings is 1. The molecule has 0 fully saturated rings. The molecule has 0 aliphatic carbocycles. The molecule has 1 unspecified atom stereocenters. The Balaban J connectivity index is 1.29. The van der Waals surface area contributed by atoms with Gasteiger partial charge in [-0.2, -0.15) is 5.10 Å². The van der Waals surface area contributed by atoms with Crippen molar-refractivity contribution in [1.29, 1.82) is 0 Å². The van der Waals surface area contributed by atoms with Crippen LogP contribution in [0.25, 0.3) is 0 Å². The Hall–Kier alpha value is -3.59. The van der Waals surface area contributed by atoms with Crippen LogP contribution in [0.5, 0.6) is 11.5 Å². The van der Waals surface area contributed by atoms with E-state index >= 15 is 0 Å². The molecule has 0 N–H and O–H groups in total. The topological polar surface area (TPSA) is 90.6 Å². The van der Waals surface area contributed by atoms with Gasteiger partial charge in [-0.3, -0.25) is 4.79 Å². The molecule has 4 heterocycles. The van der Waals surface area contributed by atoms with Gasteiger partial charge in [-0.1, -0.05) is 6.07 Å². The summed E-state index contributed by atoms with van der Waals surface area (Å²) in [6.07, 6.45) is 2.08. The summed E-state index contributed by atoms with van der Waals surface area (Å²) in [4.78, 5) is 26.3. The van der Waals surface area contributed by atoms with E-state index in [0.717, 1.165) is 10.6 Å². The van der Waals surface area contributed by atoms with Crippen molar-refractivity contribution in [3.63, 3.8) is 0 Å². The number of hydrogen-bond donors (Lipinski definition) is 0. The monoisotopic (exact) mass is 438 g/mol. The Morgan fingerprint density at radius 3 is 2.77 bits per heavy atom. The van der Waals surface area contributed by atoms with E-state index in [0.29, 0.717) is 36.9 Å². The number of fused-ring (bicyclic) bond motifs is 1. The van der Waals surface area contributed by atoms with Crippen molar-refractivity contribution in [2.45, 2.75) is 12.5 Å². The zero-order chi connectivity index (χ0) is 21.2. The lowest BCUT2D eigenvalue weighted by Gasteiger charge is -2.20. The number of esters is 1. The van der Waals surface area contributed by atoms with Gasteiger partial charge >= 0.3 is 5.97 Å². The Bertz CT molecular complexity index is 1120. The van der Waals surface area contributed by atoms with Crippen LogP contribution < -0.4 is 9.47 Å². The molecule has 1 aromatic carbocycles. The molecular weight excluding hydrogens is 420 g/mol. The molecule has 31 heavy (non-hydrogen) atoms. The van der Waals surface area contributed by atoms with Crippen molar-refractivity contribution in [3.05, 3.63) is 70.3 Å². The molecule has 158 valence electrons. The van der Waals surface area contributed by atoms with Gasteiger partial charge in [0.2, 0.25) is 0 Å². The third-order valence-corrected chi connectivity index (χ3v) is 5.87. The maximum absolute atomic E-state index is 12.9. The first-order chi connectivity index (χ1) is 15.2. The fraction of sp³-hybridized carbons (Fsp3) is 0.227. The van der Waals surface area contributed by atoms with Crippen LogP contribution in [0.3, 0.4) is 0 Å². The molecule has 3 aromatic rings. The first-order valence-electron chi connectivity index (χ1n) is 9.72. The Labute approximate surface area is 181 Å². The summed E-state index contributed by atoms with van der Waals surface area (Å²) in [7, 11) is 0. The van der Waals surface area contributed by atoms with Crippen molar-refractivity contribution in [1.82, 2.24) is 5.01 Å². The Morgan fingerprint density at radius 1 is 1.13 bits per heavy atom. The number of thiophene rings is 1. The molecule has 9 heteroatoms. The molecule has 0 saturated carbocycles. The maximum atomic E-state index is 12.9. The third kappa shape index (κ3) is 3.91. The van der Waals surface area contributed by atoms with Crippen LogP contribution in [0.4, 0.5) is 0 Å². The zero-order valence-electron chi connectivity index (χ0n) is 16.4. The molecule has 1 atom stereocenters. The predicted molar refractivity (Wildman–Crippen MR) is 111 cm³/mol. The van der Waals surface area contributed by atoms with E-state index in [2.05, 4.69) is 5.10 Å². The molecule has 2 aromatic heterocycles. The van der Waals surface area contributed by atoms with Crippen molar-refractivity contribution in [3.8, 4) is 11.5 Å².